The summed E-state index contributed by atoms with van der Waals surface area (Å²) in [7, 11) is 0. The predicted molar refractivity (Wildman–Crippen MR) is 101 cm³/mol. The molecule has 0 amide bonds. The van der Waals surface area contributed by atoms with Crippen LogP contribution in [0.25, 0.3) is 11.6 Å². The summed E-state index contributed by atoms with van der Waals surface area (Å²) >= 11 is 0. The smallest absolute Gasteiger partial charge is 0.197 e. The normalized spacial score (nSPS) is 24.0. The van der Waals surface area contributed by atoms with Gasteiger partial charge in [-0.25, -0.2) is 9.97 Å². The van der Waals surface area contributed by atoms with Gasteiger partial charge in [-0.3, -0.25) is 4.90 Å². The van der Waals surface area contributed by atoms with E-state index in [1.807, 2.05) is 12.1 Å². The van der Waals surface area contributed by atoms with Crippen LogP contribution in [-0.4, -0.2) is 60.2 Å². The monoisotopic (exact) mass is 353 g/mol. The molecule has 1 N–H and O–H groups in total. The third-order valence-corrected chi connectivity index (χ3v) is 6.01. The molecule has 2 saturated heterocycles. The Morgan fingerprint density at radius 1 is 1.08 bits per heavy atom. The summed E-state index contributed by atoms with van der Waals surface area (Å²) in [6, 6.07) is 4.55. The Hall–Kier alpha value is -1.92. The third-order valence-electron chi connectivity index (χ3n) is 6.01. The number of aromatic nitrogens is 2. The molecule has 2 fully saturated rings. The molecule has 1 atom stereocenters. The van der Waals surface area contributed by atoms with Crippen molar-refractivity contribution in [2.24, 2.45) is 0 Å². The second kappa shape index (κ2) is 7.00. The summed E-state index contributed by atoms with van der Waals surface area (Å²) in [6.07, 6.45) is 7.53. The van der Waals surface area contributed by atoms with Crippen molar-refractivity contribution in [1.29, 1.82) is 0 Å². The highest BCUT2D eigenvalue weighted by Gasteiger charge is 2.31. The highest BCUT2D eigenvalue weighted by molar-refractivity contribution is 5.57. The average molecular weight is 353 g/mol. The third kappa shape index (κ3) is 3.01. The number of hydrogen-bond acceptors (Lipinski definition) is 6. The Balaban J connectivity index is 1.56. The van der Waals surface area contributed by atoms with Crippen LogP contribution in [0.3, 0.4) is 0 Å². The van der Waals surface area contributed by atoms with E-state index in [2.05, 4.69) is 15.1 Å². The Kier molecular flexibility index (Phi) is 4.38. The minimum Gasteiger partial charge on any atom is -0.461 e. The number of anilines is 1. The fourth-order valence-corrected chi connectivity index (χ4v) is 4.70. The zero-order chi connectivity index (χ0) is 17.3. The minimum absolute atomic E-state index is 0.680. The van der Waals surface area contributed by atoms with Crippen LogP contribution in [0.5, 0.6) is 0 Å². The lowest BCUT2D eigenvalue weighted by Gasteiger charge is -2.28. The molecule has 0 aliphatic carbocycles. The van der Waals surface area contributed by atoms with Gasteiger partial charge in [0.1, 0.15) is 5.82 Å². The molecule has 2 aromatic heterocycles. The first-order valence-electron chi connectivity index (χ1n) is 10.0. The van der Waals surface area contributed by atoms with Gasteiger partial charge >= 0.3 is 0 Å². The predicted octanol–water partition coefficient (Wildman–Crippen LogP) is 2.10. The molecule has 6 heteroatoms. The molecule has 5 heterocycles. The van der Waals surface area contributed by atoms with Gasteiger partial charge in [0.25, 0.3) is 0 Å². The van der Waals surface area contributed by atoms with Crippen LogP contribution in [0, 0.1) is 0 Å². The van der Waals surface area contributed by atoms with Crippen molar-refractivity contribution in [3.8, 4) is 11.6 Å². The standard InChI is InChI=1S/C20H27N5O/c1-4-15-14-25(12-3-11-24(15)10-1)20-16-6-8-21-9-7-17(16)22-19(23-20)18-5-2-13-26-18/h2,5,13,15,21H,1,3-4,6-12,14H2/t15-/m0/s1. The van der Waals surface area contributed by atoms with E-state index in [0.717, 1.165) is 56.4 Å². The molecular weight excluding hydrogens is 326 g/mol. The SMILES string of the molecule is c1coc(-c2nc3c(c(N4CCCN5CCC[C@H]5C4)n2)CCNCC3)c1. The van der Waals surface area contributed by atoms with Gasteiger partial charge in [-0.05, 0) is 50.9 Å². The number of fused-ring (bicyclic) bond motifs is 2. The van der Waals surface area contributed by atoms with Crippen LogP contribution in [0.4, 0.5) is 5.82 Å². The maximum Gasteiger partial charge on any atom is 0.197 e. The van der Waals surface area contributed by atoms with Crippen molar-refractivity contribution in [2.45, 2.75) is 38.1 Å². The van der Waals surface area contributed by atoms with Gasteiger partial charge < -0.3 is 14.6 Å². The minimum atomic E-state index is 0.680. The summed E-state index contributed by atoms with van der Waals surface area (Å²) in [6.45, 7) is 6.66. The molecule has 3 aliphatic heterocycles. The van der Waals surface area contributed by atoms with Gasteiger partial charge in [0.15, 0.2) is 11.6 Å². The number of furan rings is 1. The summed E-state index contributed by atoms with van der Waals surface area (Å²) in [5.74, 6) is 2.65. The Labute approximate surface area is 154 Å². The second-order valence-electron chi connectivity index (χ2n) is 7.65. The average Bonchev–Trinajstić information content (AvgIpc) is 3.24. The molecule has 6 nitrogen and oxygen atoms in total. The molecule has 26 heavy (non-hydrogen) atoms. The van der Waals surface area contributed by atoms with Crippen LogP contribution in [0.2, 0.25) is 0 Å². The van der Waals surface area contributed by atoms with E-state index in [1.54, 1.807) is 6.26 Å². The Bertz CT molecular complexity index is 760. The van der Waals surface area contributed by atoms with E-state index in [4.69, 9.17) is 14.4 Å². The van der Waals surface area contributed by atoms with Crippen molar-refractivity contribution in [3.05, 3.63) is 29.7 Å². The molecule has 2 aromatic rings. The number of hydrogen-bond donors (Lipinski definition) is 1. The van der Waals surface area contributed by atoms with Gasteiger partial charge in [0.05, 0.1) is 12.0 Å². The summed E-state index contributed by atoms with van der Waals surface area (Å²) in [5.41, 5.74) is 2.54. The van der Waals surface area contributed by atoms with Crippen LogP contribution >= 0.6 is 0 Å². The maximum absolute atomic E-state index is 5.61. The highest BCUT2D eigenvalue weighted by atomic mass is 16.3. The van der Waals surface area contributed by atoms with Gasteiger partial charge in [0, 0.05) is 44.2 Å². The Morgan fingerprint density at radius 3 is 2.92 bits per heavy atom. The van der Waals surface area contributed by atoms with Crippen molar-refractivity contribution in [3.63, 3.8) is 0 Å². The summed E-state index contributed by atoms with van der Waals surface area (Å²) in [5, 5.41) is 3.51. The molecule has 0 bridgehead atoms. The maximum atomic E-state index is 5.61. The first kappa shape index (κ1) is 16.3. The zero-order valence-corrected chi connectivity index (χ0v) is 15.3. The molecule has 0 spiro atoms. The van der Waals surface area contributed by atoms with E-state index in [0.29, 0.717) is 6.04 Å². The summed E-state index contributed by atoms with van der Waals surface area (Å²) in [4.78, 5) is 15.1. The number of rotatable bonds is 2. The first-order chi connectivity index (χ1) is 12.9. The van der Waals surface area contributed by atoms with Crippen LogP contribution in [0.1, 0.15) is 30.5 Å². The molecule has 138 valence electrons. The fraction of sp³-hybridized carbons (Fsp3) is 0.600. The quantitative estimate of drug-likeness (QED) is 0.892. The van der Waals surface area contributed by atoms with E-state index < -0.39 is 0 Å². The molecule has 5 rings (SSSR count). The first-order valence-corrected chi connectivity index (χ1v) is 10.0. The zero-order valence-electron chi connectivity index (χ0n) is 15.3. The van der Waals surface area contributed by atoms with Gasteiger partial charge in [-0.2, -0.15) is 0 Å². The Morgan fingerprint density at radius 2 is 2.00 bits per heavy atom. The molecule has 0 saturated carbocycles. The lowest BCUT2D eigenvalue weighted by atomic mass is 10.1. The van der Waals surface area contributed by atoms with E-state index in [1.165, 1.54) is 43.6 Å². The van der Waals surface area contributed by atoms with Crippen LogP contribution in [-0.2, 0) is 12.8 Å². The van der Waals surface area contributed by atoms with E-state index >= 15 is 0 Å². The highest BCUT2D eigenvalue weighted by Crippen LogP contribution is 2.30. The van der Waals surface area contributed by atoms with Crippen molar-refractivity contribution in [1.82, 2.24) is 20.2 Å². The van der Waals surface area contributed by atoms with Gasteiger partial charge in [-0.15, -0.1) is 0 Å². The van der Waals surface area contributed by atoms with E-state index in [-0.39, 0.29) is 0 Å². The molecule has 0 radical (unpaired) electrons. The molecule has 0 aromatic carbocycles. The van der Waals surface area contributed by atoms with Gasteiger partial charge in [-0.1, -0.05) is 0 Å². The number of nitrogens with one attached hydrogen (secondary N) is 1. The van der Waals surface area contributed by atoms with Crippen molar-refractivity contribution in [2.75, 3.05) is 44.2 Å². The lowest BCUT2D eigenvalue weighted by Crippen LogP contribution is -2.37. The van der Waals surface area contributed by atoms with Crippen molar-refractivity contribution < 1.29 is 4.42 Å². The lowest BCUT2D eigenvalue weighted by molar-refractivity contribution is 0.273. The van der Waals surface area contributed by atoms with Crippen LogP contribution in [0.15, 0.2) is 22.8 Å². The molecular formula is C20H27N5O. The van der Waals surface area contributed by atoms with Crippen LogP contribution < -0.4 is 10.2 Å². The van der Waals surface area contributed by atoms with Crippen molar-refractivity contribution >= 4 is 5.82 Å². The van der Waals surface area contributed by atoms with Gasteiger partial charge in [0.2, 0.25) is 0 Å². The molecule has 0 unspecified atom stereocenters. The fourth-order valence-electron chi connectivity index (χ4n) is 4.70. The topological polar surface area (TPSA) is 57.4 Å². The van der Waals surface area contributed by atoms with E-state index in [9.17, 15) is 0 Å². The summed E-state index contributed by atoms with van der Waals surface area (Å²) < 4.78 is 5.61. The largest absolute Gasteiger partial charge is 0.461 e. The molecule has 3 aliphatic rings. The number of nitrogens with zero attached hydrogens (tertiary/aromatic N) is 4. The second-order valence-corrected chi connectivity index (χ2v) is 7.65.